The molecule has 1 aromatic heterocycles. The van der Waals surface area contributed by atoms with Crippen LogP contribution in [-0.4, -0.2) is 17.3 Å². The van der Waals surface area contributed by atoms with Crippen LogP contribution in [0.15, 0.2) is 24.4 Å². The van der Waals surface area contributed by atoms with Crippen LogP contribution in [0.4, 0.5) is 0 Å². The summed E-state index contributed by atoms with van der Waals surface area (Å²) in [5.41, 5.74) is 1.40. The highest BCUT2D eigenvalue weighted by molar-refractivity contribution is 7.65. The third-order valence-electron chi connectivity index (χ3n) is 5.54. The van der Waals surface area contributed by atoms with E-state index in [9.17, 15) is 0 Å². The fourth-order valence-corrected chi connectivity index (χ4v) is 6.17. The van der Waals surface area contributed by atoms with Crippen LogP contribution in [0, 0.1) is 0 Å². The van der Waals surface area contributed by atoms with Crippen LogP contribution < -0.4 is 5.44 Å². The molecule has 0 aromatic carbocycles. The quantitative estimate of drug-likeness (QED) is 0.170. The molecule has 156 valence electrons. The number of hydrogen-bond donors (Lipinski definition) is 0. The van der Waals surface area contributed by atoms with Gasteiger partial charge in [-0.05, 0) is 37.3 Å². The molecule has 0 aliphatic rings. The lowest BCUT2D eigenvalue weighted by atomic mass is 10.1. The molecule has 0 fully saturated rings. The fraction of sp³-hybridized carbons (Fsp3) is 0.800. The molecular weight excluding hydrogens is 345 g/mol. The predicted octanol–water partition coefficient (Wildman–Crippen LogP) is 8.47. The van der Waals surface area contributed by atoms with E-state index in [1.54, 1.807) is 0 Å². The summed E-state index contributed by atoms with van der Waals surface area (Å²) in [6, 6.07) is 6.52. The zero-order valence-electron chi connectivity index (χ0n) is 18.4. The van der Waals surface area contributed by atoms with Gasteiger partial charge in [-0.1, -0.05) is 118 Å². The predicted molar refractivity (Wildman–Crippen MR) is 126 cm³/mol. The summed E-state index contributed by atoms with van der Waals surface area (Å²) >= 11 is 0. The Morgan fingerprint density at radius 2 is 1.04 bits per heavy atom. The van der Waals surface area contributed by atoms with E-state index in [2.05, 4.69) is 32.0 Å². The normalized spacial score (nSPS) is 11.4. The van der Waals surface area contributed by atoms with Gasteiger partial charge in [0, 0.05) is 6.20 Å². The van der Waals surface area contributed by atoms with Gasteiger partial charge in [-0.2, -0.15) is 0 Å². The van der Waals surface area contributed by atoms with Crippen molar-refractivity contribution in [3.63, 3.8) is 0 Å². The number of aromatic nitrogens is 1. The van der Waals surface area contributed by atoms with Crippen molar-refractivity contribution in [3.05, 3.63) is 24.4 Å². The average molecular weight is 392 g/mol. The van der Waals surface area contributed by atoms with E-state index < -0.39 is 0 Å². The van der Waals surface area contributed by atoms with E-state index in [-0.39, 0.29) is 7.92 Å². The van der Waals surface area contributed by atoms with Gasteiger partial charge in [0.05, 0.1) is 5.44 Å². The summed E-state index contributed by atoms with van der Waals surface area (Å²) < 4.78 is 0. The van der Waals surface area contributed by atoms with E-state index >= 15 is 0 Å². The molecule has 0 atom stereocenters. The molecule has 0 saturated heterocycles. The number of rotatable bonds is 19. The lowest BCUT2D eigenvalue weighted by Gasteiger charge is -2.17. The van der Waals surface area contributed by atoms with Crippen molar-refractivity contribution in [2.45, 2.75) is 117 Å². The van der Waals surface area contributed by atoms with Gasteiger partial charge in [0.1, 0.15) is 0 Å². The highest BCUT2D eigenvalue weighted by atomic mass is 31.1. The minimum absolute atomic E-state index is 0.0273. The first-order valence-corrected chi connectivity index (χ1v) is 13.8. The zero-order valence-corrected chi connectivity index (χ0v) is 19.3. The Kier molecular flexibility index (Phi) is 17.3. The lowest BCUT2D eigenvalue weighted by molar-refractivity contribution is 0.584. The van der Waals surface area contributed by atoms with Crippen molar-refractivity contribution in [2.75, 3.05) is 12.3 Å². The van der Waals surface area contributed by atoms with Crippen LogP contribution in [0.2, 0.25) is 0 Å². The van der Waals surface area contributed by atoms with E-state index in [1.807, 2.05) is 6.20 Å². The molecule has 27 heavy (non-hydrogen) atoms. The number of nitrogens with zero attached hydrogens (tertiary/aromatic N) is 1. The van der Waals surface area contributed by atoms with Crippen molar-refractivity contribution in [1.29, 1.82) is 0 Å². The Morgan fingerprint density at radius 3 is 1.44 bits per heavy atom. The van der Waals surface area contributed by atoms with Gasteiger partial charge in [-0.15, -0.1) is 0 Å². The van der Waals surface area contributed by atoms with Gasteiger partial charge < -0.3 is 0 Å². The monoisotopic (exact) mass is 391 g/mol. The van der Waals surface area contributed by atoms with Gasteiger partial charge >= 0.3 is 0 Å². The van der Waals surface area contributed by atoms with Crippen LogP contribution in [-0.2, 0) is 0 Å². The van der Waals surface area contributed by atoms with E-state index in [0.29, 0.717) is 0 Å². The topological polar surface area (TPSA) is 12.9 Å². The SMILES string of the molecule is CCCCCCCCCCP(CCCCCCCCCC)c1ccccn1. The van der Waals surface area contributed by atoms with E-state index in [4.69, 9.17) is 4.98 Å². The highest BCUT2D eigenvalue weighted by Gasteiger charge is 2.11. The third kappa shape index (κ3) is 14.3. The van der Waals surface area contributed by atoms with Crippen molar-refractivity contribution in [1.82, 2.24) is 4.98 Å². The highest BCUT2D eigenvalue weighted by Crippen LogP contribution is 2.36. The number of pyridine rings is 1. The van der Waals surface area contributed by atoms with Crippen molar-refractivity contribution in [2.24, 2.45) is 0 Å². The number of unbranched alkanes of at least 4 members (excludes halogenated alkanes) is 14. The maximum atomic E-state index is 4.71. The molecule has 0 N–H and O–H groups in total. The first-order chi connectivity index (χ1) is 13.4. The van der Waals surface area contributed by atoms with Gasteiger partial charge in [0.15, 0.2) is 0 Å². The second-order valence-electron chi connectivity index (χ2n) is 8.12. The summed E-state index contributed by atoms with van der Waals surface area (Å²) in [4.78, 5) is 4.71. The zero-order chi connectivity index (χ0) is 19.4. The Bertz CT molecular complexity index is 386. The lowest BCUT2D eigenvalue weighted by Crippen LogP contribution is -2.10. The molecule has 0 radical (unpaired) electrons. The van der Waals surface area contributed by atoms with Crippen molar-refractivity contribution < 1.29 is 0 Å². The molecule has 2 heteroatoms. The second-order valence-corrected chi connectivity index (χ2v) is 10.6. The van der Waals surface area contributed by atoms with E-state index in [0.717, 1.165) is 0 Å². The minimum atomic E-state index is -0.0273. The maximum Gasteiger partial charge on any atom is 0.0630 e. The van der Waals surface area contributed by atoms with Crippen LogP contribution in [0.25, 0.3) is 0 Å². The van der Waals surface area contributed by atoms with Gasteiger partial charge in [-0.3, -0.25) is 4.98 Å². The molecule has 1 nitrogen and oxygen atoms in total. The van der Waals surface area contributed by atoms with Crippen LogP contribution in [0.5, 0.6) is 0 Å². The van der Waals surface area contributed by atoms with Crippen molar-refractivity contribution >= 4 is 13.4 Å². The Labute approximate surface area is 171 Å². The molecule has 0 spiro atoms. The van der Waals surface area contributed by atoms with Crippen LogP contribution >= 0.6 is 7.92 Å². The molecule has 0 amide bonds. The van der Waals surface area contributed by atoms with E-state index in [1.165, 1.54) is 120 Å². The molecule has 0 aliphatic carbocycles. The summed E-state index contributed by atoms with van der Waals surface area (Å²) in [7, 11) is -0.0273. The Balaban J connectivity index is 2.17. The minimum Gasteiger partial charge on any atom is -0.257 e. The van der Waals surface area contributed by atoms with Crippen molar-refractivity contribution in [3.8, 4) is 0 Å². The summed E-state index contributed by atoms with van der Waals surface area (Å²) in [6.45, 7) is 4.60. The largest absolute Gasteiger partial charge is 0.257 e. The molecule has 1 heterocycles. The first kappa shape index (κ1) is 24.6. The molecule has 0 aliphatic heterocycles. The molecule has 0 unspecified atom stereocenters. The Morgan fingerprint density at radius 1 is 0.593 bits per heavy atom. The van der Waals surface area contributed by atoms with Gasteiger partial charge in [0.2, 0.25) is 0 Å². The molecule has 0 bridgehead atoms. The van der Waals surface area contributed by atoms with Crippen LogP contribution in [0.1, 0.15) is 117 Å². The molecule has 1 aromatic rings. The maximum absolute atomic E-state index is 4.71. The number of hydrogen-bond acceptors (Lipinski definition) is 1. The standard InChI is InChI=1S/C25H46NP/c1-3-5-7-9-11-13-15-19-23-27(25-21-17-18-22-26-25)24-20-16-14-12-10-8-6-4-2/h17-18,21-22H,3-16,19-20,23-24H2,1-2H3. The smallest absolute Gasteiger partial charge is 0.0630 e. The summed E-state index contributed by atoms with van der Waals surface area (Å²) in [6.07, 6.45) is 27.5. The van der Waals surface area contributed by atoms with Gasteiger partial charge in [0.25, 0.3) is 0 Å². The molecular formula is C25H46NP. The molecule has 1 rings (SSSR count). The third-order valence-corrected chi connectivity index (χ3v) is 8.16. The second kappa shape index (κ2) is 18.9. The summed E-state index contributed by atoms with van der Waals surface area (Å²) in [5, 5.41) is 0. The van der Waals surface area contributed by atoms with Gasteiger partial charge in [-0.25, -0.2) is 0 Å². The fourth-order valence-electron chi connectivity index (χ4n) is 3.75. The van der Waals surface area contributed by atoms with Crippen LogP contribution in [0.3, 0.4) is 0 Å². The summed E-state index contributed by atoms with van der Waals surface area (Å²) in [5.74, 6) is 0. The average Bonchev–Trinajstić information content (AvgIpc) is 2.71. The Hall–Kier alpha value is -0.420. The molecule has 0 saturated carbocycles. The first-order valence-electron chi connectivity index (χ1n) is 12.0.